The highest BCUT2D eigenvalue weighted by molar-refractivity contribution is 7.11. The van der Waals surface area contributed by atoms with Gasteiger partial charge < -0.3 is 9.73 Å². The zero-order valence-electron chi connectivity index (χ0n) is 13.3. The van der Waals surface area contributed by atoms with Crippen molar-refractivity contribution in [2.24, 2.45) is 5.92 Å². The smallest absolute Gasteiger partial charge is 0.224 e. The molecule has 3 rings (SSSR count). The number of aromatic nitrogens is 2. The Labute approximate surface area is 139 Å². The van der Waals surface area contributed by atoms with E-state index in [4.69, 9.17) is 4.42 Å². The molecule has 1 amide bonds. The average molecular weight is 334 g/mol. The average Bonchev–Trinajstić information content (AvgIpc) is 3.24. The molecule has 1 N–H and O–H groups in total. The molecular weight excluding hydrogens is 312 g/mol. The van der Waals surface area contributed by atoms with Gasteiger partial charge in [-0.05, 0) is 37.9 Å². The van der Waals surface area contributed by atoms with Crippen molar-refractivity contribution in [2.75, 3.05) is 13.1 Å². The molecule has 7 heteroatoms. The van der Waals surface area contributed by atoms with Crippen LogP contribution in [0.25, 0.3) is 0 Å². The SMILES string of the molecule is CCc1nnc(CNC(=O)[C@H]2CCCN(Cc3ccco3)C2)s1. The number of nitrogens with one attached hydrogen (secondary N) is 1. The quantitative estimate of drug-likeness (QED) is 0.877. The minimum atomic E-state index is 0.0391. The van der Waals surface area contributed by atoms with Gasteiger partial charge in [0.05, 0.1) is 25.3 Å². The number of piperidine rings is 1. The van der Waals surface area contributed by atoms with Gasteiger partial charge in [0.15, 0.2) is 0 Å². The van der Waals surface area contributed by atoms with Gasteiger partial charge in [-0.2, -0.15) is 0 Å². The topological polar surface area (TPSA) is 71.3 Å². The van der Waals surface area contributed by atoms with E-state index in [0.29, 0.717) is 6.54 Å². The van der Waals surface area contributed by atoms with Gasteiger partial charge in [0, 0.05) is 6.54 Å². The van der Waals surface area contributed by atoms with E-state index in [9.17, 15) is 4.79 Å². The maximum absolute atomic E-state index is 12.4. The van der Waals surface area contributed by atoms with Gasteiger partial charge in [0.25, 0.3) is 0 Å². The zero-order chi connectivity index (χ0) is 16.1. The molecule has 1 atom stereocenters. The second kappa shape index (κ2) is 7.70. The molecule has 0 aromatic carbocycles. The first kappa shape index (κ1) is 16.1. The van der Waals surface area contributed by atoms with Crippen molar-refractivity contribution in [3.8, 4) is 0 Å². The van der Waals surface area contributed by atoms with E-state index < -0.39 is 0 Å². The highest BCUT2D eigenvalue weighted by Gasteiger charge is 2.26. The molecule has 0 unspecified atom stereocenters. The monoisotopic (exact) mass is 334 g/mol. The lowest BCUT2D eigenvalue weighted by molar-refractivity contribution is -0.127. The summed E-state index contributed by atoms with van der Waals surface area (Å²) in [4.78, 5) is 14.7. The summed E-state index contributed by atoms with van der Waals surface area (Å²) in [6.07, 6.45) is 4.56. The predicted molar refractivity (Wildman–Crippen MR) is 87.8 cm³/mol. The minimum Gasteiger partial charge on any atom is -0.468 e. The number of amides is 1. The van der Waals surface area contributed by atoms with Gasteiger partial charge in [0.1, 0.15) is 15.8 Å². The summed E-state index contributed by atoms with van der Waals surface area (Å²) in [5.41, 5.74) is 0. The second-order valence-corrected chi connectivity index (χ2v) is 6.96. The van der Waals surface area contributed by atoms with E-state index in [1.54, 1.807) is 17.6 Å². The summed E-state index contributed by atoms with van der Waals surface area (Å²) in [5.74, 6) is 1.10. The molecule has 0 saturated carbocycles. The normalized spacial score (nSPS) is 18.9. The Balaban J connectivity index is 1.48. The van der Waals surface area contributed by atoms with Crippen LogP contribution < -0.4 is 5.32 Å². The number of likely N-dealkylation sites (tertiary alicyclic amines) is 1. The van der Waals surface area contributed by atoms with Gasteiger partial charge in [0.2, 0.25) is 5.91 Å². The van der Waals surface area contributed by atoms with Crippen molar-refractivity contribution in [2.45, 2.75) is 39.3 Å². The highest BCUT2D eigenvalue weighted by Crippen LogP contribution is 2.19. The predicted octanol–water partition coefficient (Wildman–Crippen LogP) is 2.22. The molecule has 0 bridgehead atoms. The Bertz CT molecular complexity index is 626. The maximum Gasteiger partial charge on any atom is 0.224 e. The maximum atomic E-state index is 12.4. The van der Waals surface area contributed by atoms with Crippen LogP contribution in [0, 0.1) is 5.92 Å². The molecule has 2 aromatic heterocycles. The molecule has 1 fully saturated rings. The summed E-state index contributed by atoms with van der Waals surface area (Å²) >= 11 is 1.57. The molecule has 1 saturated heterocycles. The number of nitrogens with zero attached hydrogens (tertiary/aromatic N) is 3. The fraction of sp³-hybridized carbons (Fsp3) is 0.562. The molecule has 0 aliphatic carbocycles. The summed E-state index contributed by atoms with van der Waals surface area (Å²) < 4.78 is 5.39. The first-order valence-corrected chi connectivity index (χ1v) is 8.90. The Morgan fingerprint density at radius 3 is 3.09 bits per heavy atom. The summed E-state index contributed by atoms with van der Waals surface area (Å²) in [7, 11) is 0. The fourth-order valence-electron chi connectivity index (χ4n) is 2.85. The van der Waals surface area contributed by atoms with Gasteiger partial charge in [-0.25, -0.2) is 0 Å². The third-order valence-corrected chi connectivity index (χ3v) is 5.13. The largest absolute Gasteiger partial charge is 0.468 e. The molecule has 0 radical (unpaired) electrons. The van der Waals surface area contributed by atoms with Crippen molar-refractivity contribution < 1.29 is 9.21 Å². The van der Waals surface area contributed by atoms with Crippen molar-refractivity contribution in [1.82, 2.24) is 20.4 Å². The first-order chi connectivity index (χ1) is 11.2. The van der Waals surface area contributed by atoms with E-state index >= 15 is 0 Å². The highest BCUT2D eigenvalue weighted by atomic mass is 32.1. The number of aryl methyl sites for hydroxylation is 1. The van der Waals surface area contributed by atoms with Crippen LogP contribution in [0.15, 0.2) is 22.8 Å². The minimum absolute atomic E-state index is 0.0391. The van der Waals surface area contributed by atoms with Crippen LogP contribution in [0.2, 0.25) is 0 Å². The van der Waals surface area contributed by atoms with Crippen molar-refractivity contribution in [1.29, 1.82) is 0 Å². The zero-order valence-corrected chi connectivity index (χ0v) is 14.1. The molecule has 2 aromatic rings. The first-order valence-electron chi connectivity index (χ1n) is 8.08. The van der Waals surface area contributed by atoms with Crippen LogP contribution >= 0.6 is 11.3 Å². The summed E-state index contributed by atoms with van der Waals surface area (Å²) in [6.45, 7) is 5.10. The molecule has 0 spiro atoms. The van der Waals surface area contributed by atoms with Gasteiger partial charge in [-0.1, -0.05) is 18.3 Å². The fourth-order valence-corrected chi connectivity index (χ4v) is 3.57. The summed E-state index contributed by atoms with van der Waals surface area (Å²) in [5, 5.41) is 13.1. The third kappa shape index (κ3) is 4.39. The van der Waals surface area contributed by atoms with E-state index in [-0.39, 0.29) is 11.8 Å². The standard InChI is InChI=1S/C16H22N4O2S/c1-2-14-18-19-15(23-14)9-17-16(21)12-5-3-7-20(10-12)11-13-6-4-8-22-13/h4,6,8,12H,2-3,5,7,9-11H2,1H3,(H,17,21)/t12-/m0/s1. The van der Waals surface area contributed by atoms with Crippen LogP contribution in [0.3, 0.4) is 0 Å². The lowest BCUT2D eigenvalue weighted by Crippen LogP contribution is -2.42. The van der Waals surface area contributed by atoms with E-state index in [1.165, 1.54) is 0 Å². The van der Waals surface area contributed by atoms with E-state index in [2.05, 4.69) is 27.3 Å². The van der Waals surface area contributed by atoms with Crippen LogP contribution in [-0.4, -0.2) is 34.1 Å². The number of rotatable bonds is 6. The molecule has 6 nitrogen and oxygen atoms in total. The molecule has 3 heterocycles. The number of carbonyl (C=O) groups excluding carboxylic acids is 1. The lowest BCUT2D eigenvalue weighted by Gasteiger charge is -2.31. The van der Waals surface area contributed by atoms with Crippen LogP contribution in [0.4, 0.5) is 0 Å². The molecule has 1 aliphatic heterocycles. The van der Waals surface area contributed by atoms with Crippen LogP contribution in [-0.2, 0) is 24.3 Å². The Morgan fingerprint density at radius 2 is 2.35 bits per heavy atom. The van der Waals surface area contributed by atoms with Gasteiger partial charge in [-0.3, -0.25) is 9.69 Å². The molecule has 124 valence electrons. The molecule has 1 aliphatic rings. The number of furan rings is 1. The number of carbonyl (C=O) groups is 1. The van der Waals surface area contributed by atoms with E-state index in [0.717, 1.165) is 54.7 Å². The number of hydrogen-bond acceptors (Lipinski definition) is 6. The van der Waals surface area contributed by atoms with Crippen LogP contribution in [0.1, 0.15) is 35.5 Å². The third-order valence-electron chi connectivity index (χ3n) is 4.06. The van der Waals surface area contributed by atoms with Gasteiger partial charge in [-0.15, -0.1) is 10.2 Å². The molecular formula is C16H22N4O2S. The summed E-state index contributed by atoms with van der Waals surface area (Å²) in [6, 6.07) is 3.88. The Hall–Kier alpha value is -1.73. The Morgan fingerprint density at radius 1 is 1.48 bits per heavy atom. The van der Waals surface area contributed by atoms with Crippen molar-refractivity contribution >= 4 is 17.2 Å². The van der Waals surface area contributed by atoms with Gasteiger partial charge >= 0.3 is 0 Å². The van der Waals surface area contributed by atoms with Crippen molar-refractivity contribution in [3.05, 3.63) is 34.2 Å². The van der Waals surface area contributed by atoms with E-state index in [1.807, 2.05) is 12.1 Å². The number of hydrogen-bond donors (Lipinski definition) is 1. The molecule has 23 heavy (non-hydrogen) atoms. The van der Waals surface area contributed by atoms with Crippen LogP contribution in [0.5, 0.6) is 0 Å². The van der Waals surface area contributed by atoms with Crippen molar-refractivity contribution in [3.63, 3.8) is 0 Å². The second-order valence-electron chi connectivity index (χ2n) is 5.81. The Kier molecular flexibility index (Phi) is 5.40. The lowest BCUT2D eigenvalue weighted by atomic mass is 9.97.